The number of hydrogen-bond acceptors (Lipinski definition) is 1. The van der Waals surface area contributed by atoms with Crippen LogP contribution in [0, 0.1) is 0 Å². The fourth-order valence-corrected chi connectivity index (χ4v) is 34.0. The molecule has 1 unspecified atom stereocenters. The Kier molecular flexibility index (Phi) is 5.56. The molecule has 0 heterocycles. The van der Waals surface area contributed by atoms with Gasteiger partial charge < -0.3 is 4.57 Å². The maximum atomic E-state index is 6.38. The van der Waals surface area contributed by atoms with Crippen LogP contribution in [0.1, 0.15) is 0 Å². The van der Waals surface area contributed by atoms with E-state index in [-0.39, 0.29) is 0 Å². The SMILES string of the molecule is CN(C)[Si](C)(CCl)C([Si](C)(C)C)[Si](C)(C)C. The Hall–Kier alpha value is 0.901. The Labute approximate surface area is 111 Å². The first kappa shape index (κ1) is 16.9. The van der Waals surface area contributed by atoms with Crippen molar-refractivity contribution in [1.29, 1.82) is 0 Å². The van der Waals surface area contributed by atoms with Gasteiger partial charge in [0.1, 0.15) is 8.24 Å². The molecule has 0 aliphatic rings. The van der Waals surface area contributed by atoms with Crippen molar-refractivity contribution >= 4 is 36.0 Å². The normalized spacial score (nSPS) is 18.0. The van der Waals surface area contributed by atoms with E-state index in [4.69, 9.17) is 11.6 Å². The van der Waals surface area contributed by atoms with Crippen molar-refractivity contribution in [3.8, 4) is 0 Å². The number of alkyl halides is 1. The summed E-state index contributed by atoms with van der Waals surface area (Å²) in [5.41, 5.74) is 0.874. The van der Waals surface area contributed by atoms with Gasteiger partial charge in [-0.1, -0.05) is 45.8 Å². The van der Waals surface area contributed by atoms with Crippen LogP contribution in [-0.4, -0.2) is 48.5 Å². The summed E-state index contributed by atoms with van der Waals surface area (Å²) in [5, 5.41) is 0. The highest BCUT2D eigenvalue weighted by atomic mass is 35.5. The van der Waals surface area contributed by atoms with Gasteiger partial charge in [-0.25, -0.2) is 0 Å². The Bertz CT molecular complexity index is 218. The van der Waals surface area contributed by atoms with Crippen molar-refractivity contribution in [3.63, 3.8) is 0 Å². The van der Waals surface area contributed by atoms with Crippen LogP contribution < -0.4 is 0 Å². The Morgan fingerprint density at radius 1 is 0.875 bits per heavy atom. The van der Waals surface area contributed by atoms with Crippen LogP contribution in [0.25, 0.3) is 0 Å². The minimum absolute atomic E-state index is 0.874. The second-order valence-corrected chi connectivity index (χ2v) is 25.2. The molecule has 98 valence electrons. The summed E-state index contributed by atoms with van der Waals surface area (Å²) < 4.78 is 2.49. The maximum absolute atomic E-state index is 6.38. The first-order valence-electron chi connectivity index (χ1n) is 6.10. The molecule has 0 saturated carbocycles. The molecule has 5 heteroatoms. The lowest BCUT2D eigenvalue weighted by molar-refractivity contribution is 0.617. The molecule has 1 atom stereocenters. The van der Waals surface area contributed by atoms with E-state index in [2.05, 4.69) is 64.5 Å². The average Bonchev–Trinajstić information content (AvgIpc) is 1.97. The van der Waals surface area contributed by atoms with Crippen molar-refractivity contribution in [3.05, 3.63) is 0 Å². The van der Waals surface area contributed by atoms with Crippen LogP contribution in [0.5, 0.6) is 0 Å². The number of rotatable bonds is 5. The molecular weight excluding hydrogens is 266 g/mol. The van der Waals surface area contributed by atoms with Crippen molar-refractivity contribution in [2.45, 2.75) is 50.6 Å². The van der Waals surface area contributed by atoms with Gasteiger partial charge in [0.2, 0.25) is 0 Å². The first-order valence-corrected chi connectivity index (χ1v) is 16.5. The minimum Gasteiger partial charge on any atom is -0.328 e. The largest absolute Gasteiger partial charge is 0.328 e. The topological polar surface area (TPSA) is 3.24 Å². The van der Waals surface area contributed by atoms with Crippen molar-refractivity contribution < 1.29 is 0 Å². The Morgan fingerprint density at radius 2 is 1.19 bits per heavy atom. The highest BCUT2D eigenvalue weighted by Gasteiger charge is 2.51. The highest BCUT2D eigenvalue weighted by molar-refractivity contribution is 7.13. The lowest BCUT2D eigenvalue weighted by Crippen LogP contribution is -2.65. The summed E-state index contributed by atoms with van der Waals surface area (Å²) in [6, 6.07) is 0. The van der Waals surface area contributed by atoms with E-state index in [1.165, 1.54) is 0 Å². The third-order valence-corrected chi connectivity index (χ3v) is 26.7. The summed E-state index contributed by atoms with van der Waals surface area (Å²) >= 11 is 6.38. The van der Waals surface area contributed by atoms with Gasteiger partial charge in [-0.05, 0) is 18.9 Å². The third-order valence-electron chi connectivity index (χ3n) is 3.65. The van der Waals surface area contributed by atoms with E-state index < -0.39 is 24.4 Å². The molecule has 0 radical (unpaired) electrons. The molecule has 0 N–H and O–H groups in total. The molecule has 0 aromatic rings. The summed E-state index contributed by atoms with van der Waals surface area (Å²) in [7, 11) is 0.709. The van der Waals surface area contributed by atoms with E-state index in [0.29, 0.717) is 0 Å². The van der Waals surface area contributed by atoms with Gasteiger partial charge in [0, 0.05) is 21.7 Å². The maximum Gasteiger partial charge on any atom is 0.137 e. The standard InChI is InChI=1S/C11H30ClNSi3/c1-13(2)16(9,10-12)11(14(3,4)5)15(6,7)8/h11H,10H2,1-9H3. The van der Waals surface area contributed by atoms with E-state index in [0.717, 1.165) is 10.3 Å². The van der Waals surface area contributed by atoms with Crippen molar-refractivity contribution in [2.24, 2.45) is 0 Å². The fraction of sp³-hybridized carbons (Fsp3) is 1.00. The average molecular weight is 296 g/mol. The summed E-state index contributed by atoms with van der Waals surface area (Å²) in [5.74, 6) is 0. The number of hydrogen-bond donors (Lipinski definition) is 0. The van der Waals surface area contributed by atoms with Crippen LogP contribution in [0.2, 0.25) is 50.6 Å². The van der Waals surface area contributed by atoms with Crippen LogP contribution in [0.4, 0.5) is 0 Å². The predicted molar refractivity (Wildman–Crippen MR) is 86.5 cm³/mol. The smallest absolute Gasteiger partial charge is 0.137 e. The first-order chi connectivity index (χ1) is 6.87. The third kappa shape index (κ3) is 3.70. The molecule has 0 saturated heterocycles. The molecule has 0 aliphatic heterocycles. The molecule has 0 aromatic carbocycles. The molecule has 0 spiro atoms. The molecule has 1 nitrogen and oxygen atoms in total. The quantitative estimate of drug-likeness (QED) is 0.547. The van der Waals surface area contributed by atoms with E-state index in [9.17, 15) is 0 Å². The second-order valence-electron chi connectivity index (χ2n) is 7.55. The van der Waals surface area contributed by atoms with E-state index in [1.54, 1.807) is 0 Å². The second kappa shape index (κ2) is 5.26. The zero-order valence-electron chi connectivity index (χ0n) is 12.6. The molecule has 0 amide bonds. The van der Waals surface area contributed by atoms with Gasteiger partial charge in [-0.3, -0.25) is 0 Å². The van der Waals surface area contributed by atoms with Crippen molar-refractivity contribution in [1.82, 2.24) is 4.57 Å². The van der Waals surface area contributed by atoms with Crippen LogP contribution in [0.3, 0.4) is 0 Å². The Morgan fingerprint density at radius 3 is 1.25 bits per heavy atom. The van der Waals surface area contributed by atoms with Gasteiger partial charge in [0.25, 0.3) is 0 Å². The monoisotopic (exact) mass is 295 g/mol. The number of nitrogens with zero attached hydrogens (tertiary/aromatic N) is 1. The molecule has 0 rings (SSSR count). The summed E-state index contributed by atoms with van der Waals surface area (Å²) in [6.45, 7) is 17.6. The van der Waals surface area contributed by atoms with Gasteiger partial charge in [-0.15, -0.1) is 11.6 Å². The predicted octanol–water partition coefficient (Wildman–Crippen LogP) is 4.03. The summed E-state index contributed by atoms with van der Waals surface area (Å²) in [4.78, 5) is 0.944. The summed E-state index contributed by atoms with van der Waals surface area (Å²) in [6.07, 6.45) is 0. The van der Waals surface area contributed by atoms with E-state index in [1.807, 2.05) is 0 Å². The minimum atomic E-state index is -1.48. The fourth-order valence-electron chi connectivity index (χ4n) is 3.62. The zero-order chi connectivity index (χ0) is 13.4. The lowest BCUT2D eigenvalue weighted by Gasteiger charge is -2.51. The Balaban J connectivity index is 5.51. The van der Waals surface area contributed by atoms with Crippen LogP contribution in [0.15, 0.2) is 0 Å². The van der Waals surface area contributed by atoms with Crippen LogP contribution in [-0.2, 0) is 0 Å². The highest BCUT2D eigenvalue weighted by Crippen LogP contribution is 2.41. The molecule has 0 aromatic heterocycles. The molecule has 0 bridgehead atoms. The molecule has 16 heavy (non-hydrogen) atoms. The molecule has 0 fully saturated rings. The van der Waals surface area contributed by atoms with Gasteiger partial charge in [-0.2, -0.15) is 0 Å². The van der Waals surface area contributed by atoms with Gasteiger partial charge in [0.15, 0.2) is 0 Å². The van der Waals surface area contributed by atoms with Crippen LogP contribution >= 0.6 is 11.6 Å². The van der Waals surface area contributed by atoms with Crippen molar-refractivity contribution in [2.75, 3.05) is 19.6 Å². The molecular formula is C11H30ClNSi3. The van der Waals surface area contributed by atoms with Gasteiger partial charge in [0.05, 0.1) is 0 Å². The lowest BCUT2D eigenvalue weighted by atomic mass is 11.3. The number of halogens is 1. The van der Waals surface area contributed by atoms with Gasteiger partial charge >= 0.3 is 0 Å². The molecule has 0 aliphatic carbocycles. The zero-order valence-corrected chi connectivity index (χ0v) is 16.4. The van der Waals surface area contributed by atoms with E-state index >= 15 is 0 Å².